The number of rotatable bonds is 3. The lowest BCUT2D eigenvalue weighted by Gasteiger charge is -1.96. The van der Waals surface area contributed by atoms with Crippen molar-refractivity contribution in [3.63, 3.8) is 0 Å². The Hall–Kier alpha value is 0.100. The monoisotopic (exact) mass is 151 g/mol. The first kappa shape index (κ1) is 8.10. The minimum absolute atomic E-state index is 0.674. The zero-order valence-corrected chi connectivity index (χ0v) is 4.70. The summed E-state index contributed by atoms with van der Waals surface area (Å²) in [6.07, 6.45) is 0. The summed E-state index contributed by atoms with van der Waals surface area (Å²) in [6, 6.07) is 0. The van der Waals surface area contributed by atoms with E-state index in [2.05, 4.69) is 14.2 Å². The molecule has 0 aliphatic rings. The van der Waals surface area contributed by atoms with Crippen LogP contribution < -0.4 is 0 Å². The number of hydrogen-bond donors (Lipinski definition) is 0. The predicted octanol–water partition coefficient (Wildman–Crippen LogP) is 2.08. The predicted molar refractivity (Wildman–Crippen MR) is 19.4 cm³/mol. The normalized spacial score (nSPS) is 12.0. The number of halogens is 3. The third-order valence-electron chi connectivity index (χ3n) is 0.376. The van der Waals surface area contributed by atoms with E-state index in [9.17, 15) is 13.6 Å². The molecule has 0 aromatic carbocycles. The molecule has 0 N–H and O–H groups in total. The molecule has 0 heterocycles. The second kappa shape index (κ2) is 3.19. The molecule has 0 bridgehead atoms. The maximum Gasteiger partial charge on any atom is 0.537 e. The van der Waals surface area contributed by atoms with E-state index in [-0.39, 0.29) is 0 Å². The van der Waals surface area contributed by atoms with Crippen molar-refractivity contribution in [2.45, 2.75) is 0 Å². The minimum atomic E-state index is -3.91. The summed E-state index contributed by atoms with van der Waals surface area (Å²) in [4.78, 5) is 0. The van der Waals surface area contributed by atoms with Gasteiger partial charge >= 0.3 is 7.94 Å². The van der Waals surface area contributed by atoms with E-state index in [1.807, 2.05) is 0 Å². The first-order valence-corrected chi connectivity index (χ1v) is 3.45. The van der Waals surface area contributed by atoms with Crippen LogP contribution in [0.2, 0.25) is 0 Å². The minimum Gasteiger partial charge on any atom is -0.00221 e. The molecular formula is CH3F3O3P+. The lowest BCUT2D eigenvalue weighted by atomic mass is 12.0. The SMILES string of the molecule is C[P+](OF)(OF)OF. The molecule has 0 aliphatic carbocycles. The Labute approximate surface area is 43.6 Å². The van der Waals surface area contributed by atoms with Crippen molar-refractivity contribution in [1.29, 1.82) is 0 Å². The molecule has 0 aromatic rings. The van der Waals surface area contributed by atoms with Crippen LogP contribution in [0.5, 0.6) is 0 Å². The van der Waals surface area contributed by atoms with Crippen LogP contribution in [0.1, 0.15) is 0 Å². The molecule has 0 spiro atoms. The van der Waals surface area contributed by atoms with E-state index in [0.29, 0.717) is 6.66 Å². The van der Waals surface area contributed by atoms with E-state index in [4.69, 9.17) is 0 Å². The van der Waals surface area contributed by atoms with Gasteiger partial charge in [0.05, 0.1) is 0 Å². The first-order valence-electron chi connectivity index (χ1n) is 1.46. The lowest BCUT2D eigenvalue weighted by Crippen LogP contribution is -1.89. The number of hydrogen-bond acceptors (Lipinski definition) is 3. The smallest absolute Gasteiger partial charge is 0.00221 e. The van der Waals surface area contributed by atoms with Crippen LogP contribution in [0.3, 0.4) is 0 Å². The van der Waals surface area contributed by atoms with E-state index in [0.717, 1.165) is 0 Å². The Kier molecular flexibility index (Phi) is 3.23. The summed E-state index contributed by atoms with van der Waals surface area (Å²) in [5.41, 5.74) is 0. The van der Waals surface area contributed by atoms with Gasteiger partial charge in [-0.2, -0.15) is 0 Å². The molecule has 50 valence electrons. The van der Waals surface area contributed by atoms with Gasteiger partial charge < -0.3 is 0 Å². The van der Waals surface area contributed by atoms with Crippen molar-refractivity contribution in [3.05, 3.63) is 0 Å². The Morgan fingerprint density at radius 3 is 1.25 bits per heavy atom. The third kappa shape index (κ3) is 1.92. The fraction of sp³-hybridized carbons (Fsp3) is 1.00. The zero-order chi connectivity index (χ0) is 6.62. The summed E-state index contributed by atoms with van der Waals surface area (Å²) in [5, 5.41) is 0. The van der Waals surface area contributed by atoms with Gasteiger partial charge in [-0.1, -0.05) is 0 Å². The summed E-state index contributed by atoms with van der Waals surface area (Å²) >= 11 is 0. The van der Waals surface area contributed by atoms with Crippen molar-refractivity contribution in [1.82, 2.24) is 0 Å². The molecule has 0 saturated carbocycles. The Bertz CT molecular complexity index is 57.3. The third-order valence-corrected chi connectivity index (χ3v) is 1.13. The van der Waals surface area contributed by atoms with Gasteiger partial charge in [0.2, 0.25) is 0 Å². The average molecular weight is 151 g/mol. The Balaban J connectivity index is 3.58. The van der Waals surface area contributed by atoms with Gasteiger partial charge in [0.25, 0.3) is 0 Å². The standard InChI is InChI=1S/CH3F3O3P/c1-8(5-2,6-3)7-4/h1H3/q+1. The maximum atomic E-state index is 10.9. The van der Waals surface area contributed by atoms with Crippen LogP contribution in [0.25, 0.3) is 0 Å². The van der Waals surface area contributed by atoms with Crippen molar-refractivity contribution in [3.8, 4) is 0 Å². The molecule has 0 fully saturated rings. The fourth-order valence-corrected chi connectivity index (χ4v) is 0.0958. The zero-order valence-electron chi connectivity index (χ0n) is 3.81. The van der Waals surface area contributed by atoms with Crippen molar-refractivity contribution in [2.75, 3.05) is 6.66 Å². The van der Waals surface area contributed by atoms with Crippen LogP contribution in [0.15, 0.2) is 0 Å². The highest BCUT2D eigenvalue weighted by molar-refractivity contribution is 7.60. The highest BCUT2D eigenvalue weighted by Gasteiger charge is 2.46. The molecule has 0 atom stereocenters. The van der Waals surface area contributed by atoms with Gasteiger partial charge in [0, 0.05) is 14.2 Å². The molecule has 0 amide bonds. The molecule has 0 aromatic heterocycles. The van der Waals surface area contributed by atoms with Gasteiger partial charge in [0.15, 0.2) is 0 Å². The summed E-state index contributed by atoms with van der Waals surface area (Å²) in [7, 11) is -3.91. The molecule has 8 heavy (non-hydrogen) atoms. The van der Waals surface area contributed by atoms with E-state index in [1.54, 1.807) is 0 Å². The largest absolute Gasteiger partial charge is 0.537 e. The lowest BCUT2D eigenvalue weighted by molar-refractivity contribution is -0.153. The molecule has 0 saturated heterocycles. The van der Waals surface area contributed by atoms with Gasteiger partial charge in [-0.25, -0.2) is 0 Å². The highest BCUT2D eigenvalue weighted by atomic mass is 31.2. The van der Waals surface area contributed by atoms with Gasteiger partial charge in [0.1, 0.15) is 6.66 Å². The van der Waals surface area contributed by atoms with Crippen molar-refractivity contribution < 1.29 is 27.8 Å². The second-order valence-corrected chi connectivity index (χ2v) is 2.94. The summed E-state index contributed by atoms with van der Waals surface area (Å²) in [5.74, 6) is 0. The second-order valence-electron chi connectivity index (χ2n) is 0.978. The van der Waals surface area contributed by atoms with Crippen LogP contribution in [-0.2, 0) is 14.2 Å². The average Bonchev–Trinajstić information content (AvgIpc) is 1.87. The van der Waals surface area contributed by atoms with E-state index >= 15 is 0 Å². The van der Waals surface area contributed by atoms with E-state index < -0.39 is 7.94 Å². The molecule has 0 unspecified atom stereocenters. The molecule has 3 nitrogen and oxygen atoms in total. The van der Waals surface area contributed by atoms with Crippen LogP contribution in [0, 0.1) is 0 Å². The quantitative estimate of drug-likeness (QED) is 0.578. The highest BCUT2D eigenvalue weighted by Crippen LogP contribution is 2.59. The molecule has 7 heteroatoms. The van der Waals surface area contributed by atoms with Crippen molar-refractivity contribution in [2.24, 2.45) is 0 Å². The van der Waals surface area contributed by atoms with Crippen LogP contribution in [0.4, 0.5) is 13.6 Å². The molecule has 0 rings (SSSR count). The Morgan fingerprint density at radius 1 is 1.00 bits per heavy atom. The van der Waals surface area contributed by atoms with Crippen LogP contribution >= 0.6 is 7.94 Å². The first-order chi connectivity index (χ1) is 3.68. The summed E-state index contributed by atoms with van der Waals surface area (Å²) < 4.78 is 40.5. The summed E-state index contributed by atoms with van der Waals surface area (Å²) in [6.45, 7) is 0.674. The molecule has 0 radical (unpaired) electrons. The molecular weight excluding hydrogens is 148 g/mol. The maximum absolute atomic E-state index is 10.9. The van der Waals surface area contributed by atoms with Gasteiger partial charge in [-0.05, 0) is 13.6 Å². The van der Waals surface area contributed by atoms with Crippen molar-refractivity contribution >= 4 is 7.94 Å². The fourth-order valence-electron chi connectivity index (χ4n) is 0.0319. The van der Waals surface area contributed by atoms with Gasteiger partial charge in [-0.15, -0.1) is 0 Å². The van der Waals surface area contributed by atoms with Gasteiger partial charge in [-0.3, -0.25) is 0 Å². The van der Waals surface area contributed by atoms with Crippen LogP contribution in [-0.4, -0.2) is 6.66 Å². The topological polar surface area (TPSA) is 27.7 Å². The molecule has 0 aliphatic heterocycles. The Morgan fingerprint density at radius 2 is 1.25 bits per heavy atom. The van der Waals surface area contributed by atoms with E-state index in [1.165, 1.54) is 0 Å².